The molecule has 0 bridgehead atoms. The molecule has 0 saturated heterocycles. The Bertz CT molecular complexity index is 677. The predicted molar refractivity (Wildman–Crippen MR) is 80.0 cm³/mol. The minimum atomic E-state index is -0.533. The number of benzene rings is 2. The third kappa shape index (κ3) is 3.32. The summed E-state index contributed by atoms with van der Waals surface area (Å²) in [6, 6.07) is 7.84. The van der Waals surface area contributed by atoms with Crippen molar-refractivity contribution in [3.8, 4) is 11.5 Å². The van der Waals surface area contributed by atoms with Crippen molar-refractivity contribution in [3.05, 3.63) is 62.2 Å². The van der Waals surface area contributed by atoms with E-state index in [0.717, 1.165) is 11.1 Å². The maximum absolute atomic E-state index is 11.1. The highest BCUT2D eigenvalue weighted by molar-refractivity contribution is 6.30. The topological polar surface area (TPSA) is 72.6 Å². The van der Waals surface area contributed by atoms with Crippen molar-refractivity contribution in [2.45, 2.75) is 20.5 Å². The number of nitro groups is 1. The molecule has 2 rings (SSSR count). The second-order valence-corrected chi connectivity index (χ2v) is 5.12. The summed E-state index contributed by atoms with van der Waals surface area (Å²) in [5.41, 5.74) is 1.86. The van der Waals surface area contributed by atoms with Crippen LogP contribution in [0, 0.1) is 24.0 Å². The summed E-state index contributed by atoms with van der Waals surface area (Å²) in [6.45, 7) is 3.38. The fourth-order valence-electron chi connectivity index (χ4n) is 2.06. The molecule has 5 nitrogen and oxygen atoms in total. The number of hydrogen-bond acceptors (Lipinski definition) is 4. The van der Waals surface area contributed by atoms with Gasteiger partial charge >= 0.3 is 5.69 Å². The van der Waals surface area contributed by atoms with E-state index in [0.29, 0.717) is 16.3 Å². The first-order valence-electron chi connectivity index (χ1n) is 6.25. The molecule has 110 valence electrons. The van der Waals surface area contributed by atoms with Gasteiger partial charge in [0.15, 0.2) is 0 Å². The standard InChI is InChI=1S/C15H14ClNO4/c1-9-5-12(16)6-10(2)15(9)21-14-4-3-11(8-18)7-13(14)17(19)20/h3-7,18H,8H2,1-2H3. The van der Waals surface area contributed by atoms with Crippen LogP contribution in [0.25, 0.3) is 0 Å². The van der Waals surface area contributed by atoms with Gasteiger partial charge in [-0.25, -0.2) is 0 Å². The zero-order chi connectivity index (χ0) is 15.6. The van der Waals surface area contributed by atoms with Gasteiger partial charge < -0.3 is 9.84 Å². The van der Waals surface area contributed by atoms with Crippen LogP contribution in [0.4, 0.5) is 5.69 Å². The van der Waals surface area contributed by atoms with Crippen LogP contribution in [0.15, 0.2) is 30.3 Å². The van der Waals surface area contributed by atoms with Crippen molar-refractivity contribution >= 4 is 17.3 Å². The molecule has 0 fully saturated rings. The molecule has 6 heteroatoms. The van der Waals surface area contributed by atoms with Crippen LogP contribution < -0.4 is 4.74 Å². The average Bonchev–Trinajstić information content (AvgIpc) is 2.42. The summed E-state index contributed by atoms with van der Waals surface area (Å²) in [5.74, 6) is 0.671. The van der Waals surface area contributed by atoms with Crippen molar-refractivity contribution in [3.63, 3.8) is 0 Å². The molecular formula is C15H14ClNO4. The molecule has 0 aliphatic carbocycles. The van der Waals surface area contributed by atoms with Crippen molar-refractivity contribution in [2.75, 3.05) is 0 Å². The lowest BCUT2D eigenvalue weighted by molar-refractivity contribution is -0.385. The van der Waals surface area contributed by atoms with Crippen LogP contribution in [0.2, 0.25) is 5.02 Å². The first-order chi connectivity index (χ1) is 9.92. The lowest BCUT2D eigenvalue weighted by Gasteiger charge is -2.12. The van der Waals surface area contributed by atoms with E-state index in [9.17, 15) is 10.1 Å². The van der Waals surface area contributed by atoms with E-state index in [1.54, 1.807) is 18.2 Å². The first kappa shape index (κ1) is 15.3. The smallest absolute Gasteiger partial charge is 0.311 e. The molecule has 0 saturated carbocycles. The molecule has 0 unspecified atom stereocenters. The van der Waals surface area contributed by atoms with E-state index in [4.69, 9.17) is 21.4 Å². The van der Waals surface area contributed by atoms with Crippen LogP contribution in [0.1, 0.15) is 16.7 Å². The van der Waals surface area contributed by atoms with E-state index in [-0.39, 0.29) is 18.0 Å². The molecule has 0 amide bonds. The van der Waals surface area contributed by atoms with Crippen LogP contribution in [0.3, 0.4) is 0 Å². The fraction of sp³-hybridized carbons (Fsp3) is 0.200. The van der Waals surface area contributed by atoms with Gasteiger partial charge in [-0.1, -0.05) is 17.7 Å². The minimum Gasteiger partial charge on any atom is -0.450 e. The lowest BCUT2D eigenvalue weighted by Crippen LogP contribution is -1.97. The Morgan fingerprint density at radius 1 is 1.24 bits per heavy atom. The van der Waals surface area contributed by atoms with Crippen molar-refractivity contribution < 1.29 is 14.8 Å². The maximum Gasteiger partial charge on any atom is 0.311 e. The number of nitro benzene ring substituents is 1. The normalized spacial score (nSPS) is 10.5. The molecule has 0 aliphatic rings. The van der Waals surface area contributed by atoms with Crippen LogP contribution in [-0.2, 0) is 6.61 Å². The number of aryl methyl sites for hydroxylation is 2. The molecule has 2 aromatic carbocycles. The molecule has 0 atom stereocenters. The third-order valence-corrected chi connectivity index (χ3v) is 3.26. The Kier molecular flexibility index (Phi) is 4.45. The van der Waals surface area contributed by atoms with Crippen LogP contribution in [0.5, 0.6) is 11.5 Å². The summed E-state index contributed by atoms with van der Waals surface area (Å²) in [6.07, 6.45) is 0. The quantitative estimate of drug-likeness (QED) is 0.680. The van der Waals surface area contributed by atoms with E-state index < -0.39 is 4.92 Å². The molecule has 0 spiro atoms. The summed E-state index contributed by atoms with van der Waals surface area (Å²) in [7, 11) is 0. The number of halogens is 1. The molecular weight excluding hydrogens is 294 g/mol. The van der Waals surface area contributed by atoms with Gasteiger partial charge in [0, 0.05) is 11.1 Å². The van der Waals surface area contributed by atoms with Gasteiger partial charge in [-0.05, 0) is 48.7 Å². The lowest BCUT2D eigenvalue weighted by atomic mass is 10.1. The van der Waals surface area contributed by atoms with Gasteiger partial charge in [0.2, 0.25) is 5.75 Å². The summed E-state index contributed by atoms with van der Waals surface area (Å²) in [5, 5.41) is 20.8. The van der Waals surface area contributed by atoms with Gasteiger partial charge in [-0.2, -0.15) is 0 Å². The van der Waals surface area contributed by atoms with Crippen molar-refractivity contribution in [1.82, 2.24) is 0 Å². The second-order valence-electron chi connectivity index (χ2n) is 4.69. The van der Waals surface area contributed by atoms with E-state index in [1.807, 2.05) is 13.8 Å². The van der Waals surface area contributed by atoms with Gasteiger partial charge in [-0.15, -0.1) is 0 Å². The van der Waals surface area contributed by atoms with Crippen LogP contribution in [-0.4, -0.2) is 10.0 Å². The Morgan fingerprint density at radius 2 is 1.86 bits per heavy atom. The number of aliphatic hydroxyl groups excluding tert-OH is 1. The fourth-order valence-corrected chi connectivity index (χ4v) is 2.39. The number of ether oxygens (including phenoxy) is 1. The Morgan fingerprint density at radius 3 is 2.38 bits per heavy atom. The highest BCUT2D eigenvalue weighted by atomic mass is 35.5. The second kappa shape index (κ2) is 6.11. The average molecular weight is 308 g/mol. The number of hydrogen-bond donors (Lipinski definition) is 1. The zero-order valence-electron chi connectivity index (χ0n) is 11.6. The molecule has 2 aromatic rings. The van der Waals surface area contributed by atoms with Gasteiger partial charge in [-0.3, -0.25) is 10.1 Å². The highest BCUT2D eigenvalue weighted by Crippen LogP contribution is 2.36. The van der Waals surface area contributed by atoms with Gasteiger partial charge in [0.25, 0.3) is 0 Å². The molecule has 0 aromatic heterocycles. The summed E-state index contributed by atoms with van der Waals surface area (Å²) >= 11 is 5.95. The summed E-state index contributed by atoms with van der Waals surface area (Å²) in [4.78, 5) is 10.6. The molecule has 0 aliphatic heterocycles. The maximum atomic E-state index is 11.1. The Labute approximate surface area is 126 Å². The van der Waals surface area contributed by atoms with Gasteiger partial charge in [0.1, 0.15) is 5.75 Å². The predicted octanol–water partition coefficient (Wildman–Crippen LogP) is 4.15. The SMILES string of the molecule is Cc1cc(Cl)cc(C)c1Oc1ccc(CO)cc1[N+](=O)[O-]. The third-order valence-electron chi connectivity index (χ3n) is 3.04. The molecule has 0 radical (unpaired) electrons. The van der Waals surface area contributed by atoms with Crippen LogP contribution >= 0.6 is 11.6 Å². The monoisotopic (exact) mass is 307 g/mol. The number of aliphatic hydroxyl groups is 1. The number of rotatable bonds is 4. The van der Waals surface area contributed by atoms with Crippen molar-refractivity contribution in [1.29, 1.82) is 0 Å². The first-order valence-corrected chi connectivity index (χ1v) is 6.63. The Balaban J connectivity index is 2.47. The molecule has 0 heterocycles. The van der Waals surface area contributed by atoms with Gasteiger partial charge in [0.05, 0.1) is 11.5 Å². The number of nitrogens with zero attached hydrogens (tertiary/aromatic N) is 1. The molecule has 21 heavy (non-hydrogen) atoms. The largest absolute Gasteiger partial charge is 0.450 e. The minimum absolute atomic E-state index is 0.130. The van der Waals surface area contributed by atoms with E-state index in [2.05, 4.69) is 0 Å². The highest BCUT2D eigenvalue weighted by Gasteiger charge is 2.18. The zero-order valence-corrected chi connectivity index (χ0v) is 12.3. The van der Waals surface area contributed by atoms with E-state index in [1.165, 1.54) is 12.1 Å². The van der Waals surface area contributed by atoms with E-state index >= 15 is 0 Å². The Hall–Kier alpha value is -2.11. The summed E-state index contributed by atoms with van der Waals surface area (Å²) < 4.78 is 5.70. The molecule has 1 N–H and O–H groups in total. The van der Waals surface area contributed by atoms with Crippen molar-refractivity contribution in [2.24, 2.45) is 0 Å².